The normalized spacial score (nSPS) is 21.9. The van der Waals surface area contributed by atoms with Crippen molar-refractivity contribution in [1.82, 2.24) is 14.9 Å². The third-order valence-electron chi connectivity index (χ3n) is 9.25. The van der Waals surface area contributed by atoms with Crippen molar-refractivity contribution >= 4 is 28.3 Å². The Kier molecular flexibility index (Phi) is 4.63. The molecule has 0 unspecified atom stereocenters. The van der Waals surface area contributed by atoms with Crippen molar-refractivity contribution < 1.29 is 14.5 Å². The van der Waals surface area contributed by atoms with Gasteiger partial charge in [-0.2, -0.15) is 0 Å². The molecule has 1 fully saturated rings. The Bertz CT molecular complexity index is 1950. The maximum atomic E-state index is 15.0. The van der Waals surface area contributed by atoms with E-state index in [0.717, 1.165) is 16.6 Å². The third-order valence-corrected chi connectivity index (χ3v) is 9.25. The number of carbonyl (C=O) groups is 2. The number of ketones is 2. The molecule has 0 bridgehead atoms. The van der Waals surface area contributed by atoms with Crippen LogP contribution in [0.15, 0.2) is 97.1 Å². The van der Waals surface area contributed by atoms with Crippen LogP contribution < -0.4 is 0 Å². The molecule has 2 aliphatic carbocycles. The molecule has 0 amide bonds. The molecule has 0 radical (unpaired) electrons. The summed E-state index contributed by atoms with van der Waals surface area (Å²) in [6, 6.07) is 28.6. The molecule has 1 aromatic heterocycles. The van der Waals surface area contributed by atoms with E-state index in [4.69, 9.17) is 9.97 Å². The summed E-state index contributed by atoms with van der Waals surface area (Å²) in [6.07, 6.45) is 0. The first-order chi connectivity index (χ1) is 19.9. The van der Waals surface area contributed by atoms with E-state index in [-0.39, 0.29) is 17.3 Å². The molecule has 0 N–H and O–H groups in total. The van der Waals surface area contributed by atoms with E-state index in [1.54, 1.807) is 36.4 Å². The summed E-state index contributed by atoms with van der Waals surface area (Å²) < 4.78 is 0. The minimum atomic E-state index is -1.61. The number of para-hydroxylation sites is 2. The zero-order valence-electron chi connectivity index (χ0n) is 21.9. The van der Waals surface area contributed by atoms with E-state index in [9.17, 15) is 19.7 Å². The number of likely N-dealkylation sites (tertiary alicyclic amines) is 1. The van der Waals surface area contributed by atoms with Crippen molar-refractivity contribution in [1.29, 1.82) is 0 Å². The van der Waals surface area contributed by atoms with E-state index >= 15 is 0 Å². The van der Waals surface area contributed by atoms with Crippen LogP contribution in [-0.4, -0.2) is 45.0 Å². The first-order valence-corrected chi connectivity index (χ1v) is 13.4. The van der Waals surface area contributed by atoms with Crippen molar-refractivity contribution in [3.63, 3.8) is 0 Å². The average molecular weight is 539 g/mol. The highest BCUT2D eigenvalue weighted by atomic mass is 16.6. The number of Topliss-reactive ketones (excluding diaryl/α,β-unsaturated/α-hetero) is 2. The predicted molar refractivity (Wildman–Crippen MR) is 152 cm³/mol. The number of hydrogen-bond donors (Lipinski definition) is 0. The van der Waals surface area contributed by atoms with Gasteiger partial charge < -0.3 is 0 Å². The number of non-ortho nitro benzene ring substituents is 1. The Morgan fingerprint density at radius 2 is 1.34 bits per heavy atom. The monoisotopic (exact) mass is 538 g/mol. The zero-order valence-corrected chi connectivity index (χ0v) is 21.9. The van der Waals surface area contributed by atoms with Crippen LogP contribution >= 0.6 is 0 Å². The highest BCUT2D eigenvalue weighted by Gasteiger charge is 2.77. The second-order valence-electron chi connectivity index (χ2n) is 11.0. The lowest BCUT2D eigenvalue weighted by Gasteiger charge is -2.44. The summed E-state index contributed by atoms with van der Waals surface area (Å²) in [6.45, 7) is 0.353. The van der Waals surface area contributed by atoms with Gasteiger partial charge in [0.2, 0.25) is 0 Å². The quantitative estimate of drug-likeness (QED) is 0.165. The molecule has 2 spiro atoms. The van der Waals surface area contributed by atoms with Gasteiger partial charge in [0.25, 0.3) is 5.69 Å². The molecular formula is C33H22N4O4. The SMILES string of the molecule is CN1C[C@H](c2ccc([N+](=O)[O-])cc2)C2(C(=O)c3ccccc3C2=O)[C@@]12c1ccccc1-c1nc3ccccc3nc12. The fraction of sp³-hybridized carbons (Fsp3) is 0.152. The van der Waals surface area contributed by atoms with Gasteiger partial charge in [0, 0.05) is 41.3 Å². The smallest absolute Gasteiger partial charge is 0.269 e. The number of hydrogen-bond acceptors (Lipinski definition) is 7. The molecule has 0 saturated carbocycles. The topological polar surface area (TPSA) is 106 Å². The minimum absolute atomic E-state index is 0.0508. The van der Waals surface area contributed by atoms with Crippen molar-refractivity contribution in [2.24, 2.45) is 5.41 Å². The predicted octanol–water partition coefficient (Wildman–Crippen LogP) is 5.56. The first kappa shape index (κ1) is 23.8. The largest absolute Gasteiger partial charge is 0.293 e. The van der Waals surface area contributed by atoms with Crippen molar-refractivity contribution in [2.45, 2.75) is 11.5 Å². The van der Waals surface area contributed by atoms with Crippen LogP contribution in [0.1, 0.15) is 43.5 Å². The van der Waals surface area contributed by atoms with Crippen molar-refractivity contribution in [2.75, 3.05) is 13.6 Å². The number of nitrogens with zero attached hydrogens (tertiary/aromatic N) is 4. The summed E-state index contributed by atoms with van der Waals surface area (Å²) in [5, 5.41) is 11.4. The number of aromatic nitrogens is 2. The summed E-state index contributed by atoms with van der Waals surface area (Å²) in [4.78, 5) is 53.2. The van der Waals surface area contributed by atoms with Crippen molar-refractivity contribution in [3.8, 4) is 11.3 Å². The van der Waals surface area contributed by atoms with Gasteiger partial charge in [0.05, 0.1) is 27.3 Å². The lowest BCUT2D eigenvalue weighted by atomic mass is 9.58. The molecule has 5 aromatic rings. The van der Waals surface area contributed by atoms with E-state index in [1.165, 1.54) is 12.1 Å². The Balaban J connectivity index is 1.51. The average Bonchev–Trinajstić information content (AvgIpc) is 3.54. The van der Waals surface area contributed by atoms with Crippen LogP contribution in [0.4, 0.5) is 5.69 Å². The van der Waals surface area contributed by atoms with Crippen LogP contribution in [0.2, 0.25) is 0 Å². The van der Waals surface area contributed by atoms with Gasteiger partial charge in [-0.25, -0.2) is 9.97 Å². The number of carbonyl (C=O) groups excluding carboxylic acids is 2. The molecule has 1 saturated heterocycles. The van der Waals surface area contributed by atoms with Crippen LogP contribution in [-0.2, 0) is 5.54 Å². The maximum Gasteiger partial charge on any atom is 0.269 e. The lowest BCUT2D eigenvalue weighted by molar-refractivity contribution is -0.384. The molecule has 2 atom stereocenters. The van der Waals surface area contributed by atoms with E-state index in [0.29, 0.717) is 40.1 Å². The number of rotatable bonds is 2. The minimum Gasteiger partial charge on any atom is -0.293 e. The molecule has 1 aliphatic heterocycles. The summed E-state index contributed by atoms with van der Waals surface area (Å²) >= 11 is 0. The fourth-order valence-corrected chi connectivity index (χ4v) is 7.70. The molecule has 41 heavy (non-hydrogen) atoms. The van der Waals surface area contributed by atoms with E-state index < -0.39 is 21.8 Å². The van der Waals surface area contributed by atoms with Gasteiger partial charge in [-0.15, -0.1) is 0 Å². The second-order valence-corrected chi connectivity index (χ2v) is 11.0. The molecule has 3 aliphatic rings. The lowest BCUT2D eigenvalue weighted by Crippen LogP contribution is -2.56. The number of likely N-dealkylation sites (N-methyl/N-ethyl adjacent to an activating group) is 1. The molecular weight excluding hydrogens is 516 g/mol. The Labute approximate surface area is 234 Å². The van der Waals surface area contributed by atoms with Crippen LogP contribution in [0.5, 0.6) is 0 Å². The maximum absolute atomic E-state index is 15.0. The standard InChI is InChI=1S/C33H22N4O4/c1-36-18-25(19-14-16-20(17-15-19)37(40)41)32(30(38)21-8-2-3-9-22(21)31(32)39)33(36)24-11-5-4-10-23(24)28-29(33)35-27-13-7-6-12-26(27)34-28/h2-17,25H,18H2,1H3/t25-,33+/m1/s1. The highest BCUT2D eigenvalue weighted by molar-refractivity contribution is 6.32. The van der Waals surface area contributed by atoms with Gasteiger partial charge in [0.15, 0.2) is 11.6 Å². The van der Waals surface area contributed by atoms with Gasteiger partial charge in [0.1, 0.15) is 11.0 Å². The fourth-order valence-electron chi connectivity index (χ4n) is 7.70. The summed E-state index contributed by atoms with van der Waals surface area (Å²) in [5.41, 5.74) is 2.85. The summed E-state index contributed by atoms with van der Waals surface area (Å²) in [7, 11) is 1.93. The number of nitro groups is 1. The molecule has 8 nitrogen and oxygen atoms in total. The molecule has 2 heterocycles. The molecule has 8 heteroatoms. The van der Waals surface area contributed by atoms with Gasteiger partial charge in [-0.3, -0.25) is 24.6 Å². The van der Waals surface area contributed by atoms with Crippen LogP contribution in [0.25, 0.3) is 22.3 Å². The highest BCUT2D eigenvalue weighted by Crippen LogP contribution is 2.69. The molecule has 8 rings (SSSR count). The van der Waals surface area contributed by atoms with E-state index in [2.05, 4.69) is 4.90 Å². The Morgan fingerprint density at radius 3 is 1.98 bits per heavy atom. The Hall–Kier alpha value is -5.08. The van der Waals surface area contributed by atoms with Gasteiger partial charge in [-0.05, 0) is 30.3 Å². The van der Waals surface area contributed by atoms with Crippen LogP contribution in [0.3, 0.4) is 0 Å². The van der Waals surface area contributed by atoms with Gasteiger partial charge >= 0.3 is 0 Å². The Morgan fingerprint density at radius 1 is 0.780 bits per heavy atom. The summed E-state index contributed by atoms with van der Waals surface area (Å²) in [5.74, 6) is -1.13. The first-order valence-electron chi connectivity index (χ1n) is 13.4. The number of nitro benzene ring substituents is 1. The third kappa shape index (κ3) is 2.68. The number of benzene rings is 4. The zero-order chi connectivity index (χ0) is 28.1. The molecule has 198 valence electrons. The van der Waals surface area contributed by atoms with Crippen LogP contribution in [0, 0.1) is 15.5 Å². The second kappa shape index (κ2) is 7.99. The van der Waals surface area contributed by atoms with Crippen molar-refractivity contribution in [3.05, 3.63) is 135 Å². The van der Waals surface area contributed by atoms with Gasteiger partial charge in [-0.1, -0.05) is 72.8 Å². The molecule has 4 aromatic carbocycles. The van der Waals surface area contributed by atoms with E-state index in [1.807, 2.05) is 55.6 Å². The number of fused-ring (bicyclic) bond motifs is 8.